The van der Waals surface area contributed by atoms with Crippen LogP contribution in [0.25, 0.3) is 0 Å². The Morgan fingerprint density at radius 1 is 1.16 bits per heavy atom. The monoisotopic (exact) mass is 434 g/mol. The maximum absolute atomic E-state index is 5.75. The maximum Gasteiger partial charge on any atom is 0.108 e. The van der Waals surface area contributed by atoms with Crippen molar-refractivity contribution in [3.05, 3.63) is 59.4 Å². The van der Waals surface area contributed by atoms with Gasteiger partial charge >= 0.3 is 0 Å². The Balaban J connectivity index is 1.33. The molecule has 2 saturated heterocycles. The van der Waals surface area contributed by atoms with Gasteiger partial charge in [-0.2, -0.15) is 5.10 Å². The number of aliphatic imine (C=N–C) groups is 1. The van der Waals surface area contributed by atoms with Crippen LogP contribution >= 0.6 is 0 Å². The predicted octanol–water partition coefficient (Wildman–Crippen LogP) is 3.01. The maximum atomic E-state index is 5.75. The third-order valence-corrected chi connectivity index (χ3v) is 6.31. The summed E-state index contributed by atoms with van der Waals surface area (Å²) in [4.78, 5) is 13.6. The molecule has 0 radical (unpaired) electrons. The summed E-state index contributed by atoms with van der Waals surface area (Å²) in [5.74, 6) is 5.70. The number of anilines is 1. The zero-order chi connectivity index (χ0) is 22.2. The van der Waals surface area contributed by atoms with Crippen LogP contribution in [0.2, 0.25) is 0 Å². The number of rotatable bonds is 7. The SMILES string of the molecule is Cc1cc(N2CCN(Cc3ccncc3)CC2)ccc1/C(C=NCC1CCCCO1)=N/N. The molecule has 1 aromatic carbocycles. The summed E-state index contributed by atoms with van der Waals surface area (Å²) in [6.07, 6.45) is 9.19. The minimum Gasteiger partial charge on any atom is -0.376 e. The van der Waals surface area contributed by atoms with E-state index in [1.807, 2.05) is 12.4 Å². The van der Waals surface area contributed by atoms with Crippen LogP contribution < -0.4 is 10.7 Å². The Kier molecular flexibility index (Phi) is 7.85. The molecule has 4 rings (SSSR count). The summed E-state index contributed by atoms with van der Waals surface area (Å²) in [5, 5.41) is 4.00. The van der Waals surface area contributed by atoms with Gasteiger partial charge in [0, 0.05) is 69.2 Å². The molecule has 0 aliphatic carbocycles. The van der Waals surface area contributed by atoms with Gasteiger partial charge < -0.3 is 15.5 Å². The van der Waals surface area contributed by atoms with E-state index in [0.717, 1.165) is 63.3 Å². The lowest BCUT2D eigenvalue weighted by Crippen LogP contribution is -2.46. The zero-order valence-corrected chi connectivity index (χ0v) is 19.0. The van der Waals surface area contributed by atoms with Crippen LogP contribution in [-0.4, -0.2) is 67.2 Å². The summed E-state index contributed by atoms with van der Waals surface area (Å²) in [6, 6.07) is 10.7. The fraction of sp³-hybridized carbons (Fsp3) is 0.480. The second-order valence-corrected chi connectivity index (χ2v) is 8.62. The molecule has 0 bridgehead atoms. The van der Waals surface area contributed by atoms with E-state index >= 15 is 0 Å². The summed E-state index contributed by atoms with van der Waals surface area (Å²) in [5.41, 5.74) is 5.47. The topological polar surface area (TPSA) is 79.3 Å². The highest BCUT2D eigenvalue weighted by Crippen LogP contribution is 2.22. The summed E-state index contributed by atoms with van der Waals surface area (Å²) >= 11 is 0. The largest absolute Gasteiger partial charge is 0.376 e. The van der Waals surface area contributed by atoms with Crippen molar-refractivity contribution >= 4 is 17.6 Å². The lowest BCUT2D eigenvalue weighted by molar-refractivity contribution is 0.0226. The number of hydrogen-bond acceptors (Lipinski definition) is 7. The molecule has 2 N–H and O–H groups in total. The molecule has 0 saturated carbocycles. The molecular formula is C25H34N6O. The second kappa shape index (κ2) is 11.2. The molecular weight excluding hydrogens is 400 g/mol. The summed E-state index contributed by atoms with van der Waals surface area (Å²) < 4.78 is 5.75. The van der Waals surface area contributed by atoms with E-state index in [9.17, 15) is 0 Å². The minimum absolute atomic E-state index is 0.222. The molecule has 3 heterocycles. The molecule has 2 aliphatic rings. The first-order valence-corrected chi connectivity index (χ1v) is 11.6. The minimum atomic E-state index is 0.222. The molecule has 7 nitrogen and oxygen atoms in total. The highest BCUT2D eigenvalue weighted by atomic mass is 16.5. The van der Waals surface area contributed by atoms with Gasteiger partial charge in [-0.25, -0.2) is 0 Å². The third-order valence-electron chi connectivity index (χ3n) is 6.31. The van der Waals surface area contributed by atoms with Crippen LogP contribution in [0.5, 0.6) is 0 Å². The lowest BCUT2D eigenvalue weighted by atomic mass is 10.0. The molecule has 2 aromatic rings. The van der Waals surface area contributed by atoms with Crippen LogP contribution in [0.1, 0.15) is 36.0 Å². The smallest absolute Gasteiger partial charge is 0.108 e. The standard InChI is InChI=1S/C25H34N6O/c1-20-16-22(31-13-11-30(12-14-31)19-21-7-9-27-10-8-21)5-6-24(20)25(29-26)18-28-17-23-4-2-3-15-32-23/h5-10,16,18,23H,2-4,11-15,17,19,26H2,1H3/b28-18?,29-25+. The molecule has 0 spiro atoms. The molecule has 1 unspecified atom stereocenters. The first-order chi connectivity index (χ1) is 15.7. The summed E-state index contributed by atoms with van der Waals surface area (Å²) in [6.45, 7) is 8.74. The number of hydrogen-bond donors (Lipinski definition) is 1. The quantitative estimate of drug-likeness (QED) is 0.412. The highest BCUT2D eigenvalue weighted by Gasteiger charge is 2.18. The number of nitrogens with zero attached hydrogens (tertiary/aromatic N) is 5. The van der Waals surface area contributed by atoms with E-state index < -0.39 is 0 Å². The van der Waals surface area contributed by atoms with Crippen LogP contribution in [0.15, 0.2) is 52.8 Å². The number of nitrogens with two attached hydrogens (primary N) is 1. The molecule has 0 amide bonds. The Morgan fingerprint density at radius 2 is 1.97 bits per heavy atom. The van der Waals surface area contributed by atoms with Gasteiger partial charge in [-0.3, -0.25) is 14.9 Å². The average molecular weight is 435 g/mol. The van der Waals surface area contributed by atoms with E-state index in [1.54, 1.807) is 6.21 Å². The predicted molar refractivity (Wildman–Crippen MR) is 131 cm³/mol. The van der Waals surface area contributed by atoms with Gasteiger partial charge in [0.1, 0.15) is 5.71 Å². The fourth-order valence-corrected chi connectivity index (χ4v) is 4.42. The van der Waals surface area contributed by atoms with Crippen molar-refractivity contribution in [2.45, 2.75) is 38.8 Å². The van der Waals surface area contributed by atoms with Gasteiger partial charge in [0.2, 0.25) is 0 Å². The van der Waals surface area contributed by atoms with Crippen molar-refractivity contribution in [3.8, 4) is 0 Å². The molecule has 2 fully saturated rings. The fourth-order valence-electron chi connectivity index (χ4n) is 4.42. The number of pyridine rings is 1. The number of benzene rings is 1. The zero-order valence-electron chi connectivity index (χ0n) is 19.0. The van der Waals surface area contributed by atoms with Crippen molar-refractivity contribution in [1.82, 2.24) is 9.88 Å². The molecule has 32 heavy (non-hydrogen) atoms. The molecule has 7 heteroatoms. The first-order valence-electron chi connectivity index (χ1n) is 11.6. The highest BCUT2D eigenvalue weighted by molar-refractivity contribution is 6.38. The summed E-state index contributed by atoms with van der Waals surface area (Å²) in [7, 11) is 0. The number of aryl methyl sites for hydroxylation is 1. The lowest BCUT2D eigenvalue weighted by Gasteiger charge is -2.36. The third kappa shape index (κ3) is 5.93. The van der Waals surface area contributed by atoms with Gasteiger partial charge in [-0.15, -0.1) is 0 Å². The number of aromatic nitrogens is 1. The Bertz CT molecular complexity index is 915. The van der Waals surface area contributed by atoms with E-state index in [1.165, 1.54) is 17.7 Å². The Labute approximate surface area is 191 Å². The van der Waals surface area contributed by atoms with Crippen LogP contribution in [0.3, 0.4) is 0 Å². The van der Waals surface area contributed by atoms with E-state index in [4.69, 9.17) is 10.6 Å². The van der Waals surface area contributed by atoms with Crippen molar-refractivity contribution in [3.63, 3.8) is 0 Å². The van der Waals surface area contributed by atoms with Crippen molar-refractivity contribution in [2.24, 2.45) is 15.9 Å². The first kappa shape index (κ1) is 22.4. The molecule has 2 aliphatic heterocycles. The van der Waals surface area contributed by atoms with Crippen LogP contribution in [0, 0.1) is 6.92 Å². The Hall–Kier alpha value is -2.77. The molecule has 170 valence electrons. The number of hydrazone groups is 1. The van der Waals surface area contributed by atoms with E-state index in [2.05, 4.69) is 62.1 Å². The van der Waals surface area contributed by atoms with E-state index in [-0.39, 0.29) is 6.10 Å². The van der Waals surface area contributed by atoms with Gasteiger partial charge in [0.05, 0.1) is 12.6 Å². The average Bonchev–Trinajstić information content (AvgIpc) is 2.84. The van der Waals surface area contributed by atoms with Gasteiger partial charge in [-0.1, -0.05) is 6.07 Å². The van der Waals surface area contributed by atoms with Crippen molar-refractivity contribution in [2.75, 3.05) is 44.2 Å². The number of piperazine rings is 1. The van der Waals surface area contributed by atoms with Crippen LogP contribution in [-0.2, 0) is 11.3 Å². The van der Waals surface area contributed by atoms with Gasteiger partial charge in [-0.05, 0) is 61.6 Å². The van der Waals surface area contributed by atoms with Crippen molar-refractivity contribution in [1.29, 1.82) is 0 Å². The molecule has 1 aromatic heterocycles. The molecule has 1 atom stereocenters. The Morgan fingerprint density at radius 3 is 2.66 bits per heavy atom. The van der Waals surface area contributed by atoms with Gasteiger partial charge in [0.15, 0.2) is 0 Å². The second-order valence-electron chi connectivity index (χ2n) is 8.62. The number of ether oxygens (including phenoxy) is 1. The normalized spacial score (nSPS) is 20.7. The van der Waals surface area contributed by atoms with Gasteiger partial charge in [0.25, 0.3) is 0 Å². The van der Waals surface area contributed by atoms with E-state index in [0.29, 0.717) is 12.3 Å². The van der Waals surface area contributed by atoms with Crippen LogP contribution in [0.4, 0.5) is 5.69 Å². The van der Waals surface area contributed by atoms with Crippen molar-refractivity contribution < 1.29 is 4.74 Å².